The van der Waals surface area contributed by atoms with Crippen molar-refractivity contribution in [3.05, 3.63) is 111 Å². The summed E-state index contributed by atoms with van der Waals surface area (Å²) in [6.07, 6.45) is 0. The van der Waals surface area contributed by atoms with Gasteiger partial charge in [0.05, 0.1) is 34.9 Å². The van der Waals surface area contributed by atoms with E-state index in [0.717, 1.165) is 4.90 Å². The van der Waals surface area contributed by atoms with Crippen LogP contribution in [0.25, 0.3) is 5.69 Å². The van der Waals surface area contributed by atoms with E-state index in [1.807, 2.05) is 0 Å². The Balaban J connectivity index is 1.65. The van der Waals surface area contributed by atoms with Gasteiger partial charge in [-0.25, -0.2) is 0 Å². The van der Waals surface area contributed by atoms with E-state index >= 15 is 0 Å². The zero-order chi connectivity index (χ0) is 29.4. The first kappa shape index (κ1) is 28.7. The predicted molar refractivity (Wildman–Crippen MR) is 158 cm³/mol. The number of carbonyl (C=O) groups is 3. The topological polar surface area (TPSA) is 88.4 Å². The maximum atomic E-state index is 13.9. The summed E-state index contributed by atoms with van der Waals surface area (Å²) < 4.78 is 1.75. The Labute approximate surface area is 248 Å². The van der Waals surface area contributed by atoms with Crippen LogP contribution in [0, 0.1) is 0 Å². The van der Waals surface area contributed by atoms with Crippen LogP contribution in [-0.2, 0) is 13.1 Å². The molecule has 1 aliphatic rings. The third-order valence-corrected chi connectivity index (χ3v) is 7.75. The summed E-state index contributed by atoms with van der Waals surface area (Å²) in [5.41, 5.74) is 1.76. The summed E-state index contributed by atoms with van der Waals surface area (Å²) >= 11 is 12.8. The third-order valence-electron chi connectivity index (χ3n) is 7.19. The van der Waals surface area contributed by atoms with Gasteiger partial charge in [-0.3, -0.25) is 28.8 Å². The number of rotatable bonds is 9. The van der Waals surface area contributed by atoms with Crippen molar-refractivity contribution in [3.8, 4) is 5.69 Å². The molecule has 0 spiro atoms. The van der Waals surface area contributed by atoms with Crippen molar-refractivity contribution in [1.29, 1.82) is 0 Å². The van der Waals surface area contributed by atoms with Crippen molar-refractivity contribution >= 4 is 40.8 Å². The third kappa shape index (κ3) is 5.43. The summed E-state index contributed by atoms with van der Waals surface area (Å²) in [5.74, 6) is -0.261. The van der Waals surface area contributed by atoms with E-state index in [1.54, 1.807) is 71.3 Å². The summed E-state index contributed by atoms with van der Waals surface area (Å²) in [6, 6.07) is 18.9. The molecule has 2 amide bonds. The van der Waals surface area contributed by atoms with E-state index in [4.69, 9.17) is 23.2 Å². The molecule has 0 unspecified atom stereocenters. The Hall–Kier alpha value is -3.85. The molecule has 0 aliphatic carbocycles. The van der Waals surface area contributed by atoms with Crippen LogP contribution in [0.2, 0.25) is 10.0 Å². The number of ketones is 1. The number of imide groups is 1. The van der Waals surface area contributed by atoms with Crippen LogP contribution in [0.15, 0.2) is 66.7 Å². The van der Waals surface area contributed by atoms with Crippen molar-refractivity contribution in [2.45, 2.75) is 52.9 Å². The second kappa shape index (κ2) is 11.6. The van der Waals surface area contributed by atoms with Gasteiger partial charge in [0.25, 0.3) is 11.8 Å². The van der Waals surface area contributed by atoms with Crippen molar-refractivity contribution in [3.63, 3.8) is 0 Å². The van der Waals surface area contributed by atoms with Gasteiger partial charge in [0.15, 0.2) is 17.4 Å². The van der Waals surface area contributed by atoms with Crippen molar-refractivity contribution < 1.29 is 14.4 Å². The fraction of sp³-hybridized carbons (Fsp3) is 0.258. The van der Waals surface area contributed by atoms with Crippen LogP contribution in [0.1, 0.15) is 76.0 Å². The molecule has 8 nitrogen and oxygen atoms in total. The SMILES string of the molecule is CC(C)N(Cc1nnc(CN2C(=O)c3ccccc3C2=O)n1-c1ccc(Cl)cc1C(=O)c1ccccc1Cl)C(C)C. The molecule has 10 heteroatoms. The summed E-state index contributed by atoms with van der Waals surface area (Å²) in [6.45, 7) is 8.64. The number of halogens is 2. The van der Waals surface area contributed by atoms with Crippen LogP contribution < -0.4 is 0 Å². The Kier molecular flexibility index (Phi) is 8.09. The summed E-state index contributed by atoms with van der Waals surface area (Å²) in [7, 11) is 0. The Morgan fingerprint density at radius 1 is 0.805 bits per heavy atom. The number of aromatic nitrogens is 3. The zero-order valence-corrected chi connectivity index (χ0v) is 24.6. The molecule has 0 atom stereocenters. The van der Waals surface area contributed by atoms with Crippen LogP contribution in [-0.4, -0.2) is 54.2 Å². The second-order valence-corrected chi connectivity index (χ2v) is 11.3. The van der Waals surface area contributed by atoms with Gasteiger partial charge in [0, 0.05) is 28.2 Å². The standard InChI is InChI=1S/C31H29Cl2N5O3/c1-18(2)36(19(3)4)16-27-34-35-28(17-37-30(40)21-9-5-6-10-22(21)31(37)41)38(27)26-14-13-20(32)15-24(26)29(39)23-11-7-8-12-25(23)33/h5-15,18-19H,16-17H2,1-4H3. The molecule has 0 fully saturated rings. The van der Waals surface area contributed by atoms with Gasteiger partial charge >= 0.3 is 0 Å². The second-order valence-electron chi connectivity index (χ2n) is 10.4. The van der Waals surface area contributed by atoms with E-state index in [1.165, 1.54) is 0 Å². The van der Waals surface area contributed by atoms with Gasteiger partial charge in [0.1, 0.15) is 0 Å². The lowest BCUT2D eigenvalue weighted by molar-refractivity contribution is 0.0637. The van der Waals surface area contributed by atoms with Gasteiger partial charge in [-0.1, -0.05) is 47.5 Å². The fourth-order valence-electron chi connectivity index (χ4n) is 5.16. The molecule has 0 saturated carbocycles. The zero-order valence-electron chi connectivity index (χ0n) is 23.1. The van der Waals surface area contributed by atoms with Crippen LogP contribution in [0.5, 0.6) is 0 Å². The van der Waals surface area contributed by atoms with E-state index in [2.05, 4.69) is 42.8 Å². The van der Waals surface area contributed by atoms with Crippen LogP contribution in [0.3, 0.4) is 0 Å². The van der Waals surface area contributed by atoms with E-state index < -0.39 is 11.8 Å². The molecule has 1 aliphatic heterocycles. The van der Waals surface area contributed by atoms with Gasteiger partial charge < -0.3 is 0 Å². The molecule has 41 heavy (non-hydrogen) atoms. The van der Waals surface area contributed by atoms with E-state index in [-0.39, 0.29) is 30.0 Å². The number of nitrogens with zero attached hydrogens (tertiary/aromatic N) is 5. The molecule has 210 valence electrons. The van der Waals surface area contributed by atoms with E-state index in [0.29, 0.717) is 50.6 Å². The number of amides is 2. The number of fused-ring (bicyclic) bond motifs is 1. The monoisotopic (exact) mass is 589 g/mol. The Bertz CT molecular complexity index is 1620. The lowest BCUT2D eigenvalue weighted by Gasteiger charge is -2.30. The lowest BCUT2D eigenvalue weighted by Crippen LogP contribution is -2.37. The molecule has 0 saturated heterocycles. The minimum atomic E-state index is -0.406. The normalized spacial score (nSPS) is 13.1. The van der Waals surface area contributed by atoms with Gasteiger partial charge in [0.2, 0.25) is 0 Å². The van der Waals surface area contributed by atoms with E-state index in [9.17, 15) is 14.4 Å². The predicted octanol–water partition coefficient (Wildman–Crippen LogP) is 6.22. The highest BCUT2D eigenvalue weighted by molar-refractivity contribution is 6.35. The number of benzene rings is 3. The van der Waals surface area contributed by atoms with Crippen molar-refractivity contribution in [2.75, 3.05) is 0 Å². The average Bonchev–Trinajstić information content (AvgIpc) is 3.45. The molecule has 4 aromatic rings. The maximum Gasteiger partial charge on any atom is 0.261 e. The van der Waals surface area contributed by atoms with Crippen LogP contribution in [0.4, 0.5) is 0 Å². The van der Waals surface area contributed by atoms with Gasteiger partial charge in [-0.2, -0.15) is 0 Å². The first-order valence-corrected chi connectivity index (χ1v) is 14.1. The quantitative estimate of drug-likeness (QED) is 0.170. The number of carbonyl (C=O) groups excluding carboxylic acids is 3. The molecule has 2 heterocycles. The molecule has 0 N–H and O–H groups in total. The highest BCUT2D eigenvalue weighted by Crippen LogP contribution is 2.30. The average molecular weight is 591 g/mol. The molecule has 3 aromatic carbocycles. The van der Waals surface area contributed by atoms with Gasteiger partial charge in [-0.15, -0.1) is 10.2 Å². The van der Waals surface area contributed by atoms with Crippen molar-refractivity contribution in [1.82, 2.24) is 24.6 Å². The highest BCUT2D eigenvalue weighted by Gasteiger charge is 2.37. The minimum absolute atomic E-state index is 0.134. The molecular weight excluding hydrogens is 561 g/mol. The smallest absolute Gasteiger partial charge is 0.261 e. The fourth-order valence-corrected chi connectivity index (χ4v) is 5.55. The lowest BCUT2D eigenvalue weighted by atomic mass is 10.0. The summed E-state index contributed by atoms with van der Waals surface area (Å²) in [4.78, 5) is 43.7. The number of hydrogen-bond acceptors (Lipinski definition) is 6. The largest absolute Gasteiger partial charge is 0.291 e. The molecule has 5 rings (SSSR count). The number of hydrogen-bond donors (Lipinski definition) is 0. The molecule has 1 aromatic heterocycles. The van der Waals surface area contributed by atoms with Crippen LogP contribution >= 0.6 is 23.2 Å². The summed E-state index contributed by atoms with van der Waals surface area (Å²) in [5, 5.41) is 9.62. The Morgan fingerprint density at radius 2 is 1.39 bits per heavy atom. The maximum absolute atomic E-state index is 13.9. The first-order valence-electron chi connectivity index (χ1n) is 13.3. The van der Waals surface area contributed by atoms with Crippen molar-refractivity contribution in [2.24, 2.45) is 0 Å². The first-order chi connectivity index (χ1) is 19.6. The van der Waals surface area contributed by atoms with Gasteiger partial charge in [-0.05, 0) is 70.2 Å². The molecular formula is C31H29Cl2N5O3. The Morgan fingerprint density at radius 3 is 2.00 bits per heavy atom. The molecule has 0 bridgehead atoms. The minimum Gasteiger partial charge on any atom is -0.291 e. The molecule has 0 radical (unpaired) electrons. The highest BCUT2D eigenvalue weighted by atomic mass is 35.5.